The van der Waals surface area contributed by atoms with Crippen LogP contribution in [0.3, 0.4) is 0 Å². The third kappa shape index (κ3) is 3.73. The van der Waals surface area contributed by atoms with Crippen LogP contribution < -0.4 is 4.74 Å². The molecule has 0 aliphatic heterocycles. The molecule has 0 aliphatic rings. The number of carboxylic acid groups (broad SMARTS) is 1. The summed E-state index contributed by atoms with van der Waals surface area (Å²) in [6.07, 6.45) is 2.41. The number of ether oxygens (including phenoxy) is 1. The van der Waals surface area contributed by atoms with E-state index in [1.807, 2.05) is 19.1 Å². The molecule has 2 N–H and O–H groups in total. The molecule has 6 nitrogen and oxygen atoms in total. The van der Waals surface area contributed by atoms with Crippen molar-refractivity contribution in [1.82, 2.24) is 15.2 Å². The van der Waals surface area contributed by atoms with Gasteiger partial charge in [0.1, 0.15) is 17.3 Å². The van der Waals surface area contributed by atoms with Crippen LogP contribution in [0.1, 0.15) is 23.7 Å². The van der Waals surface area contributed by atoms with Crippen LogP contribution in [0.2, 0.25) is 0 Å². The molecule has 8 heteroatoms. The van der Waals surface area contributed by atoms with Crippen molar-refractivity contribution in [2.24, 2.45) is 0 Å². The molecular formula is C26H19F2N3O3. The largest absolute Gasteiger partial charge is 0.491 e. The van der Waals surface area contributed by atoms with Crippen molar-refractivity contribution >= 4 is 27.8 Å². The van der Waals surface area contributed by atoms with Gasteiger partial charge in [-0.05, 0) is 48.4 Å². The number of aromatic carboxylic acids is 1. The number of pyridine rings is 1. The molecule has 0 aliphatic carbocycles. The predicted octanol–water partition coefficient (Wildman–Crippen LogP) is 6.21. The molecule has 170 valence electrons. The van der Waals surface area contributed by atoms with Gasteiger partial charge in [-0.2, -0.15) is 5.10 Å². The van der Waals surface area contributed by atoms with Gasteiger partial charge in [0, 0.05) is 21.9 Å². The van der Waals surface area contributed by atoms with Gasteiger partial charge in [-0.1, -0.05) is 25.1 Å². The van der Waals surface area contributed by atoms with Gasteiger partial charge in [0.15, 0.2) is 5.75 Å². The van der Waals surface area contributed by atoms with Crippen molar-refractivity contribution in [1.29, 1.82) is 0 Å². The molecule has 34 heavy (non-hydrogen) atoms. The van der Waals surface area contributed by atoms with Gasteiger partial charge in [-0.25, -0.2) is 18.6 Å². The van der Waals surface area contributed by atoms with E-state index >= 15 is 0 Å². The number of fused-ring (bicyclic) bond motifs is 2. The average molecular weight is 459 g/mol. The lowest BCUT2D eigenvalue weighted by Gasteiger charge is -2.19. The first-order chi connectivity index (χ1) is 16.5. The molecule has 0 unspecified atom stereocenters. The Hall–Kier alpha value is -4.33. The first-order valence-electron chi connectivity index (χ1n) is 10.7. The molecule has 5 rings (SSSR count). The lowest BCUT2D eigenvalue weighted by atomic mass is 9.95. The molecule has 0 spiro atoms. The van der Waals surface area contributed by atoms with E-state index in [1.54, 1.807) is 18.3 Å². The number of H-pyrrole nitrogens is 1. The van der Waals surface area contributed by atoms with Crippen LogP contribution in [-0.2, 0) is 0 Å². The Kier molecular flexibility index (Phi) is 5.41. The summed E-state index contributed by atoms with van der Waals surface area (Å²) in [5.74, 6) is -2.19. The highest BCUT2D eigenvalue weighted by Crippen LogP contribution is 2.44. The topological polar surface area (TPSA) is 88.1 Å². The fourth-order valence-corrected chi connectivity index (χ4v) is 3.96. The Bertz CT molecular complexity index is 1550. The maximum atomic E-state index is 14.6. The smallest absolute Gasteiger partial charge is 0.338 e. The minimum atomic E-state index is -1.35. The van der Waals surface area contributed by atoms with Crippen molar-refractivity contribution in [3.05, 3.63) is 78.0 Å². The summed E-state index contributed by atoms with van der Waals surface area (Å²) < 4.78 is 34.5. The van der Waals surface area contributed by atoms with Gasteiger partial charge < -0.3 is 9.84 Å². The Morgan fingerprint density at radius 1 is 1.06 bits per heavy atom. The number of nitrogens with one attached hydrogen (secondary N) is 1. The van der Waals surface area contributed by atoms with E-state index in [0.29, 0.717) is 46.7 Å². The second-order valence-electron chi connectivity index (χ2n) is 7.85. The SMILES string of the molecule is CCCOc1c(-c2ccc(C(=O)O)c(F)c2)nc2cc3[nH]ncc3cc2c1-c1ccc(F)cc1. The molecule has 0 radical (unpaired) electrons. The van der Waals surface area contributed by atoms with E-state index in [2.05, 4.69) is 10.2 Å². The molecule has 0 fully saturated rings. The summed E-state index contributed by atoms with van der Waals surface area (Å²) in [5.41, 5.74) is 3.03. The molecule has 0 atom stereocenters. The van der Waals surface area contributed by atoms with Crippen molar-refractivity contribution in [2.45, 2.75) is 13.3 Å². The Morgan fingerprint density at radius 3 is 2.53 bits per heavy atom. The molecule has 2 aromatic heterocycles. The standard InChI is InChI=1S/C26H19F2N3O3/c1-2-9-34-25-23(14-3-6-17(27)7-4-14)19-10-16-13-29-31-21(16)12-22(19)30-24(25)15-5-8-18(26(32)33)20(28)11-15/h3-8,10-13H,2,9H2,1H3,(H,29,31)(H,32,33). The highest BCUT2D eigenvalue weighted by molar-refractivity contribution is 6.06. The number of hydrogen-bond acceptors (Lipinski definition) is 4. The molecule has 0 saturated heterocycles. The van der Waals surface area contributed by atoms with Crippen molar-refractivity contribution in [2.75, 3.05) is 6.61 Å². The van der Waals surface area contributed by atoms with Crippen LogP contribution in [0.5, 0.6) is 5.75 Å². The number of aromatic nitrogens is 3. The van der Waals surface area contributed by atoms with E-state index in [9.17, 15) is 18.7 Å². The zero-order valence-electron chi connectivity index (χ0n) is 18.1. The Labute approximate surface area is 192 Å². The zero-order chi connectivity index (χ0) is 23.8. The second-order valence-corrected chi connectivity index (χ2v) is 7.85. The number of nitrogens with zero attached hydrogens (tertiary/aromatic N) is 2. The first-order valence-corrected chi connectivity index (χ1v) is 10.7. The minimum Gasteiger partial charge on any atom is -0.491 e. The lowest BCUT2D eigenvalue weighted by Crippen LogP contribution is -2.04. The highest BCUT2D eigenvalue weighted by Gasteiger charge is 2.22. The maximum absolute atomic E-state index is 14.6. The number of carboxylic acids is 1. The van der Waals surface area contributed by atoms with Gasteiger partial charge in [0.25, 0.3) is 0 Å². The molecule has 0 amide bonds. The third-order valence-corrected chi connectivity index (χ3v) is 5.56. The average Bonchev–Trinajstić information content (AvgIpc) is 3.28. The number of rotatable bonds is 6. The van der Waals surface area contributed by atoms with Crippen LogP contribution >= 0.6 is 0 Å². The fraction of sp³-hybridized carbons (Fsp3) is 0.115. The van der Waals surface area contributed by atoms with Gasteiger partial charge in [-0.3, -0.25) is 5.10 Å². The van der Waals surface area contributed by atoms with Gasteiger partial charge in [-0.15, -0.1) is 0 Å². The number of benzene rings is 3. The number of halogens is 2. The van der Waals surface area contributed by atoms with E-state index in [-0.39, 0.29) is 5.82 Å². The van der Waals surface area contributed by atoms with Crippen LogP contribution in [-0.4, -0.2) is 32.9 Å². The molecular weight excluding hydrogens is 440 g/mol. The van der Waals surface area contributed by atoms with Gasteiger partial charge in [0.05, 0.1) is 29.4 Å². The summed E-state index contributed by atoms with van der Waals surface area (Å²) in [7, 11) is 0. The Balaban J connectivity index is 1.87. The van der Waals surface area contributed by atoms with Crippen LogP contribution in [0.4, 0.5) is 8.78 Å². The fourth-order valence-electron chi connectivity index (χ4n) is 3.96. The van der Waals surface area contributed by atoms with Crippen molar-refractivity contribution in [3.8, 4) is 28.1 Å². The van der Waals surface area contributed by atoms with E-state index < -0.39 is 17.3 Å². The lowest BCUT2D eigenvalue weighted by molar-refractivity contribution is 0.0692. The summed E-state index contributed by atoms with van der Waals surface area (Å²) in [6, 6.07) is 13.6. The Morgan fingerprint density at radius 2 is 1.82 bits per heavy atom. The molecule has 3 aromatic carbocycles. The van der Waals surface area contributed by atoms with Gasteiger partial charge in [0.2, 0.25) is 0 Å². The molecule has 0 saturated carbocycles. The molecule has 2 heterocycles. The maximum Gasteiger partial charge on any atom is 0.338 e. The van der Waals surface area contributed by atoms with Crippen LogP contribution in [0.15, 0.2) is 60.8 Å². The third-order valence-electron chi connectivity index (χ3n) is 5.56. The van der Waals surface area contributed by atoms with E-state index in [0.717, 1.165) is 22.4 Å². The van der Waals surface area contributed by atoms with Crippen molar-refractivity contribution < 1.29 is 23.4 Å². The first kappa shape index (κ1) is 21.5. The minimum absolute atomic E-state index is 0.356. The summed E-state index contributed by atoms with van der Waals surface area (Å²) in [4.78, 5) is 16.1. The van der Waals surface area contributed by atoms with Crippen molar-refractivity contribution in [3.63, 3.8) is 0 Å². The monoisotopic (exact) mass is 459 g/mol. The highest BCUT2D eigenvalue weighted by atomic mass is 19.1. The summed E-state index contributed by atoms with van der Waals surface area (Å²) in [6.45, 7) is 2.33. The quantitative estimate of drug-likeness (QED) is 0.315. The zero-order valence-corrected chi connectivity index (χ0v) is 18.1. The second kappa shape index (κ2) is 8.55. The number of aromatic amines is 1. The predicted molar refractivity (Wildman–Crippen MR) is 125 cm³/mol. The number of carbonyl (C=O) groups is 1. The molecule has 0 bridgehead atoms. The van der Waals surface area contributed by atoms with Gasteiger partial charge >= 0.3 is 5.97 Å². The summed E-state index contributed by atoms with van der Waals surface area (Å²) in [5, 5.41) is 17.9. The van der Waals surface area contributed by atoms with Crippen LogP contribution in [0.25, 0.3) is 44.2 Å². The number of hydrogen-bond donors (Lipinski definition) is 2. The summed E-state index contributed by atoms with van der Waals surface area (Å²) >= 11 is 0. The van der Waals surface area contributed by atoms with Crippen LogP contribution in [0, 0.1) is 11.6 Å². The molecule has 5 aromatic rings. The normalized spacial score (nSPS) is 11.3. The van der Waals surface area contributed by atoms with E-state index in [4.69, 9.17) is 9.72 Å². The van der Waals surface area contributed by atoms with E-state index in [1.165, 1.54) is 24.3 Å².